The molecule has 4 N–H and O–H groups in total. The normalized spacial score (nSPS) is 13.4. The monoisotopic (exact) mass is 983 g/mol. The Morgan fingerprint density at radius 3 is 1.94 bits per heavy atom. The van der Waals surface area contributed by atoms with Gasteiger partial charge in [-0.05, 0) is 62.6 Å². The molecule has 14 heteroatoms. The van der Waals surface area contributed by atoms with Crippen LogP contribution in [0.25, 0.3) is 11.1 Å². The predicted molar refractivity (Wildman–Crippen MR) is 270 cm³/mol. The number of rotatable bonds is 21. The van der Waals surface area contributed by atoms with Crippen LogP contribution in [0.1, 0.15) is 77.5 Å². The molecule has 1 aliphatic carbocycles. The number of nitrogens with one attached hydrogen (secondary N) is 3. The van der Waals surface area contributed by atoms with Crippen LogP contribution in [-0.4, -0.2) is 66.1 Å². The summed E-state index contributed by atoms with van der Waals surface area (Å²) in [5.41, 5.74) is 5.51. The van der Waals surface area contributed by atoms with Crippen molar-refractivity contribution in [1.29, 1.82) is 0 Å². The summed E-state index contributed by atoms with van der Waals surface area (Å²) in [6, 6.07) is 42.9. The molecule has 71 heavy (non-hydrogen) atoms. The van der Waals surface area contributed by atoms with E-state index in [1.165, 1.54) is 36.0 Å². The van der Waals surface area contributed by atoms with Gasteiger partial charge in [-0.25, -0.2) is 4.79 Å². The van der Waals surface area contributed by atoms with Gasteiger partial charge in [-0.2, -0.15) is 13.2 Å². The molecule has 0 spiro atoms. The van der Waals surface area contributed by atoms with E-state index in [4.69, 9.17) is 9.47 Å². The van der Waals surface area contributed by atoms with Gasteiger partial charge in [-0.15, -0.1) is 11.8 Å². The first-order chi connectivity index (χ1) is 34.2. The predicted octanol–water partition coefficient (Wildman–Crippen LogP) is 11.1. The maximum Gasteiger partial charge on any atom is 0.416 e. The van der Waals surface area contributed by atoms with Crippen molar-refractivity contribution in [2.24, 2.45) is 5.92 Å². The fraction of sp³-hybridized carbons (Fsp3) is 0.263. The number of para-hydroxylation sites is 1. The summed E-state index contributed by atoms with van der Waals surface area (Å²) in [5, 5.41) is 19.4. The standard InChI is InChI=1S/C57H56F3N3O7S/c1-4-31-69-51(66)34-48(64)53(36(2)3)62-50(65)30-32-71-49-29-17-27-44(52(37-18-7-5-8-19-37)38-20-9-6-10-21-38)54(49)63-55(67)47(33-39-22-11-16-28-46(39)57(58,59)60)61-56(68)70-35-45-42-25-14-12-23-40(42)41-24-13-15-26-43(41)45/h4-29,36,45,47-48,52-53,64H,1,30-35H2,2-3H3,(H,61,68)(H,62,65)(H,63,67)/t47-,48+,53-/m1/s1. The van der Waals surface area contributed by atoms with Gasteiger partial charge in [-0.1, -0.05) is 166 Å². The first-order valence-corrected chi connectivity index (χ1v) is 24.4. The molecule has 3 atom stereocenters. The zero-order valence-corrected chi connectivity index (χ0v) is 40.2. The molecule has 368 valence electrons. The smallest absolute Gasteiger partial charge is 0.416 e. The Labute approximate surface area is 416 Å². The first-order valence-electron chi connectivity index (χ1n) is 23.4. The Bertz CT molecular complexity index is 2720. The van der Waals surface area contributed by atoms with Crippen LogP contribution in [-0.2, 0) is 36.5 Å². The van der Waals surface area contributed by atoms with Crippen LogP contribution in [0.5, 0.6) is 0 Å². The number of alkyl carbamates (subject to hydrolysis) is 1. The molecule has 3 amide bonds. The number of thioether (sulfide) groups is 1. The Hall–Kier alpha value is -7.16. The van der Waals surface area contributed by atoms with Crippen LogP contribution in [0.2, 0.25) is 0 Å². The molecule has 0 unspecified atom stereocenters. The van der Waals surface area contributed by atoms with Crippen LogP contribution < -0.4 is 16.0 Å². The van der Waals surface area contributed by atoms with Gasteiger partial charge in [0, 0.05) is 35.3 Å². The van der Waals surface area contributed by atoms with Crippen molar-refractivity contribution < 1.29 is 46.9 Å². The van der Waals surface area contributed by atoms with Gasteiger partial charge in [0.15, 0.2) is 0 Å². The highest BCUT2D eigenvalue weighted by atomic mass is 32.2. The minimum Gasteiger partial charge on any atom is -0.461 e. The lowest BCUT2D eigenvalue weighted by atomic mass is 9.84. The molecule has 7 rings (SSSR count). The van der Waals surface area contributed by atoms with Crippen molar-refractivity contribution in [1.82, 2.24) is 10.6 Å². The lowest BCUT2D eigenvalue weighted by molar-refractivity contribution is -0.145. The average molecular weight is 984 g/mol. The molecule has 0 radical (unpaired) electrons. The number of carbonyl (C=O) groups excluding carboxylic acids is 4. The molecule has 6 aromatic rings. The topological polar surface area (TPSA) is 143 Å². The number of hydrogen-bond acceptors (Lipinski definition) is 8. The number of carbonyl (C=O) groups is 4. The number of benzene rings is 6. The maximum atomic E-state index is 15.0. The summed E-state index contributed by atoms with van der Waals surface area (Å²) in [4.78, 5) is 55.2. The number of anilines is 1. The molecular weight excluding hydrogens is 928 g/mol. The van der Waals surface area contributed by atoms with Crippen molar-refractivity contribution in [2.75, 3.05) is 24.3 Å². The summed E-state index contributed by atoms with van der Waals surface area (Å²) in [7, 11) is 0. The van der Waals surface area contributed by atoms with Gasteiger partial charge in [0.25, 0.3) is 0 Å². The zero-order chi connectivity index (χ0) is 50.5. The van der Waals surface area contributed by atoms with Crippen molar-refractivity contribution in [3.63, 3.8) is 0 Å². The van der Waals surface area contributed by atoms with Gasteiger partial charge < -0.3 is 30.5 Å². The van der Waals surface area contributed by atoms with Crippen LogP contribution in [0, 0.1) is 5.92 Å². The van der Waals surface area contributed by atoms with E-state index in [1.807, 2.05) is 135 Å². The van der Waals surface area contributed by atoms with E-state index in [1.54, 1.807) is 6.07 Å². The minimum absolute atomic E-state index is 0.00960. The third-order valence-electron chi connectivity index (χ3n) is 12.4. The number of halogens is 3. The highest BCUT2D eigenvalue weighted by Gasteiger charge is 2.36. The molecular formula is C57H56F3N3O7S. The quantitative estimate of drug-likeness (QED) is 0.0242. The van der Waals surface area contributed by atoms with Gasteiger partial charge in [-0.3, -0.25) is 14.4 Å². The summed E-state index contributed by atoms with van der Waals surface area (Å²) in [6.07, 6.45) is -6.44. The Balaban J connectivity index is 1.19. The number of amides is 3. The molecule has 0 bridgehead atoms. The van der Waals surface area contributed by atoms with E-state index in [0.717, 1.165) is 39.4 Å². The SMILES string of the molecule is C=CCOC(=O)C[C@H](O)[C@H](NC(=O)CCSc1cccc(C(c2ccccc2)c2ccccc2)c1NC(=O)[C@@H](Cc1ccccc1C(F)(F)F)NC(=O)OCC1c2ccccc2-c2ccccc21)C(C)C. The van der Waals surface area contributed by atoms with E-state index in [2.05, 4.69) is 22.5 Å². The number of aliphatic hydroxyl groups excluding tert-OH is 1. The van der Waals surface area contributed by atoms with Crippen molar-refractivity contribution in [2.45, 2.75) is 74.2 Å². The molecule has 0 heterocycles. The van der Waals surface area contributed by atoms with Crippen LogP contribution >= 0.6 is 11.8 Å². The van der Waals surface area contributed by atoms with Gasteiger partial charge in [0.1, 0.15) is 19.3 Å². The van der Waals surface area contributed by atoms with E-state index >= 15 is 0 Å². The average Bonchev–Trinajstić information content (AvgIpc) is 3.68. The number of hydrogen-bond donors (Lipinski definition) is 4. The second-order valence-electron chi connectivity index (χ2n) is 17.5. The summed E-state index contributed by atoms with van der Waals surface area (Å²) >= 11 is 1.27. The first kappa shape index (κ1) is 51.7. The highest BCUT2D eigenvalue weighted by molar-refractivity contribution is 7.99. The van der Waals surface area contributed by atoms with Crippen LogP contribution in [0.4, 0.5) is 23.7 Å². The lowest BCUT2D eigenvalue weighted by Gasteiger charge is -2.27. The molecule has 0 aliphatic heterocycles. The summed E-state index contributed by atoms with van der Waals surface area (Å²) in [5.74, 6) is -2.64. The van der Waals surface area contributed by atoms with E-state index in [0.29, 0.717) is 16.1 Å². The number of ether oxygens (including phenoxy) is 2. The number of aliphatic hydroxyl groups is 1. The van der Waals surface area contributed by atoms with Gasteiger partial charge in [0.05, 0.1) is 29.8 Å². The number of alkyl halides is 3. The second kappa shape index (κ2) is 24.1. The van der Waals surface area contributed by atoms with Crippen LogP contribution in [0.15, 0.2) is 169 Å². The van der Waals surface area contributed by atoms with Crippen molar-refractivity contribution >= 4 is 41.3 Å². The Morgan fingerprint density at radius 2 is 1.34 bits per heavy atom. The summed E-state index contributed by atoms with van der Waals surface area (Å²) in [6.45, 7) is 7.04. The second-order valence-corrected chi connectivity index (χ2v) is 18.7. The maximum absolute atomic E-state index is 15.0. The molecule has 0 saturated carbocycles. The third kappa shape index (κ3) is 13.2. The molecule has 0 fully saturated rings. The van der Waals surface area contributed by atoms with Crippen molar-refractivity contribution in [3.05, 3.63) is 203 Å². The van der Waals surface area contributed by atoms with E-state index in [-0.39, 0.29) is 49.2 Å². The Kier molecular flexibility index (Phi) is 17.5. The van der Waals surface area contributed by atoms with Gasteiger partial charge >= 0.3 is 18.2 Å². The van der Waals surface area contributed by atoms with Crippen molar-refractivity contribution in [3.8, 4) is 11.1 Å². The fourth-order valence-electron chi connectivity index (χ4n) is 9.01. The molecule has 1 aliphatic rings. The van der Waals surface area contributed by atoms with E-state index in [9.17, 15) is 37.5 Å². The Morgan fingerprint density at radius 1 is 0.746 bits per heavy atom. The lowest BCUT2D eigenvalue weighted by Crippen LogP contribution is -2.47. The highest BCUT2D eigenvalue weighted by Crippen LogP contribution is 2.45. The third-order valence-corrected chi connectivity index (χ3v) is 13.4. The zero-order valence-electron chi connectivity index (χ0n) is 39.4. The largest absolute Gasteiger partial charge is 0.461 e. The number of esters is 1. The number of fused-ring (bicyclic) bond motifs is 3. The minimum atomic E-state index is -4.76. The molecule has 6 aromatic carbocycles. The molecule has 0 saturated heterocycles. The summed E-state index contributed by atoms with van der Waals surface area (Å²) < 4.78 is 54.4. The molecule has 10 nitrogen and oxygen atoms in total. The fourth-order valence-corrected chi connectivity index (χ4v) is 10.0. The van der Waals surface area contributed by atoms with Gasteiger partial charge in [0.2, 0.25) is 11.8 Å². The van der Waals surface area contributed by atoms with E-state index < -0.39 is 66.1 Å². The van der Waals surface area contributed by atoms with Crippen LogP contribution in [0.3, 0.4) is 0 Å². The molecule has 0 aromatic heterocycles.